The maximum atomic E-state index is 11.5. The molecule has 1 fully saturated rings. The van der Waals surface area contributed by atoms with Gasteiger partial charge in [0.15, 0.2) is 0 Å². The Labute approximate surface area is 101 Å². The van der Waals surface area contributed by atoms with Crippen molar-refractivity contribution in [1.29, 1.82) is 0 Å². The van der Waals surface area contributed by atoms with Crippen LogP contribution in [0.15, 0.2) is 24.4 Å². The third kappa shape index (κ3) is 4.15. The van der Waals surface area contributed by atoms with Crippen molar-refractivity contribution in [2.75, 3.05) is 0 Å². The van der Waals surface area contributed by atoms with E-state index < -0.39 is 0 Å². The van der Waals surface area contributed by atoms with E-state index in [4.69, 9.17) is 4.84 Å². The van der Waals surface area contributed by atoms with Gasteiger partial charge in [-0.15, -0.1) is 0 Å². The molecule has 1 heterocycles. The van der Waals surface area contributed by atoms with E-state index in [0.29, 0.717) is 12.8 Å². The van der Waals surface area contributed by atoms with E-state index in [9.17, 15) is 4.79 Å². The minimum absolute atomic E-state index is 0.0671. The maximum absolute atomic E-state index is 11.5. The van der Waals surface area contributed by atoms with Gasteiger partial charge >= 0.3 is 0 Å². The van der Waals surface area contributed by atoms with Crippen LogP contribution in [0.4, 0.5) is 0 Å². The molecule has 0 bridgehead atoms. The number of hydrogen-bond donors (Lipinski definition) is 1. The van der Waals surface area contributed by atoms with Crippen molar-refractivity contribution in [2.24, 2.45) is 0 Å². The van der Waals surface area contributed by atoms with Gasteiger partial charge in [-0.1, -0.05) is 18.9 Å². The zero-order chi connectivity index (χ0) is 11.9. The summed E-state index contributed by atoms with van der Waals surface area (Å²) in [5.41, 5.74) is 3.46. The summed E-state index contributed by atoms with van der Waals surface area (Å²) in [6.07, 6.45) is 7.55. The van der Waals surface area contributed by atoms with Gasteiger partial charge < -0.3 is 0 Å². The van der Waals surface area contributed by atoms with Gasteiger partial charge in [0.25, 0.3) is 0 Å². The Hall–Kier alpha value is -1.42. The monoisotopic (exact) mass is 234 g/mol. The van der Waals surface area contributed by atoms with Crippen LogP contribution >= 0.6 is 0 Å². The van der Waals surface area contributed by atoms with Crippen LogP contribution in [-0.4, -0.2) is 17.0 Å². The number of hydroxylamine groups is 1. The van der Waals surface area contributed by atoms with Crippen LogP contribution in [0.2, 0.25) is 0 Å². The number of nitrogens with one attached hydrogen (secondary N) is 1. The molecule has 0 spiro atoms. The van der Waals surface area contributed by atoms with Gasteiger partial charge in [-0.25, -0.2) is 5.48 Å². The summed E-state index contributed by atoms with van der Waals surface area (Å²) >= 11 is 0. The predicted molar refractivity (Wildman–Crippen MR) is 64.0 cm³/mol. The first-order chi connectivity index (χ1) is 8.34. The molecule has 4 heteroatoms. The lowest BCUT2D eigenvalue weighted by Crippen LogP contribution is -2.28. The second-order valence-corrected chi connectivity index (χ2v) is 4.37. The van der Waals surface area contributed by atoms with Crippen LogP contribution in [-0.2, 0) is 16.1 Å². The highest BCUT2D eigenvalue weighted by molar-refractivity contribution is 5.74. The lowest BCUT2D eigenvalue weighted by molar-refractivity contribution is -0.138. The highest BCUT2D eigenvalue weighted by Gasteiger charge is 2.16. The molecule has 1 aromatic rings. The normalized spacial score (nSPS) is 16.0. The Balaban J connectivity index is 1.64. The van der Waals surface area contributed by atoms with Gasteiger partial charge in [0.2, 0.25) is 5.91 Å². The fourth-order valence-electron chi connectivity index (χ4n) is 1.99. The topological polar surface area (TPSA) is 51.2 Å². The van der Waals surface area contributed by atoms with Crippen molar-refractivity contribution in [3.05, 3.63) is 30.1 Å². The second-order valence-electron chi connectivity index (χ2n) is 4.37. The molecular weight excluding hydrogens is 216 g/mol. The number of aryl methyl sites for hydroxylation is 1. The third-order valence-corrected chi connectivity index (χ3v) is 2.98. The lowest BCUT2D eigenvalue weighted by Gasteiger charge is -2.11. The number of rotatable bonds is 5. The molecular formula is C13H18N2O2. The lowest BCUT2D eigenvalue weighted by atomic mass is 10.2. The smallest absolute Gasteiger partial charge is 0.243 e. The Morgan fingerprint density at radius 2 is 2.24 bits per heavy atom. The Morgan fingerprint density at radius 1 is 1.41 bits per heavy atom. The fraction of sp³-hybridized carbons (Fsp3) is 0.538. The number of carbonyl (C=O) groups is 1. The van der Waals surface area contributed by atoms with Crippen molar-refractivity contribution in [1.82, 2.24) is 10.5 Å². The molecule has 2 rings (SSSR count). The standard InChI is InChI=1S/C13H18N2O2/c16-13(15-17-12-6-1-2-7-12)9-8-11-5-3-4-10-14-11/h3-5,10,12H,1-2,6-9H2,(H,15,16). The molecule has 0 saturated heterocycles. The zero-order valence-corrected chi connectivity index (χ0v) is 9.89. The maximum Gasteiger partial charge on any atom is 0.243 e. The summed E-state index contributed by atoms with van der Waals surface area (Å²) in [5.74, 6) is -0.0671. The molecule has 4 nitrogen and oxygen atoms in total. The molecule has 1 amide bonds. The molecule has 0 radical (unpaired) electrons. The summed E-state index contributed by atoms with van der Waals surface area (Å²) in [6.45, 7) is 0. The van der Waals surface area contributed by atoms with Gasteiger partial charge in [-0.2, -0.15) is 0 Å². The fourth-order valence-corrected chi connectivity index (χ4v) is 1.99. The van der Waals surface area contributed by atoms with E-state index in [1.807, 2.05) is 18.2 Å². The third-order valence-electron chi connectivity index (χ3n) is 2.98. The van der Waals surface area contributed by atoms with Crippen LogP contribution in [0, 0.1) is 0 Å². The molecule has 1 aliphatic carbocycles. The SMILES string of the molecule is O=C(CCc1ccccn1)NOC1CCCC1. The van der Waals surface area contributed by atoms with E-state index in [-0.39, 0.29) is 12.0 Å². The number of amides is 1. The van der Waals surface area contributed by atoms with Crippen molar-refractivity contribution >= 4 is 5.91 Å². The molecule has 1 saturated carbocycles. The first-order valence-corrected chi connectivity index (χ1v) is 6.19. The summed E-state index contributed by atoms with van der Waals surface area (Å²) in [7, 11) is 0. The molecule has 1 N–H and O–H groups in total. The molecule has 0 unspecified atom stereocenters. The number of nitrogens with zero attached hydrogens (tertiary/aromatic N) is 1. The van der Waals surface area contributed by atoms with Gasteiger partial charge in [-0.05, 0) is 31.4 Å². The molecule has 0 aromatic carbocycles. The van der Waals surface area contributed by atoms with Gasteiger partial charge in [0.1, 0.15) is 0 Å². The average Bonchev–Trinajstić information content (AvgIpc) is 2.88. The second kappa shape index (κ2) is 6.35. The van der Waals surface area contributed by atoms with Crippen LogP contribution in [0.1, 0.15) is 37.8 Å². The molecule has 0 atom stereocenters. The van der Waals surface area contributed by atoms with Crippen LogP contribution in [0.5, 0.6) is 0 Å². The van der Waals surface area contributed by atoms with Gasteiger partial charge in [0.05, 0.1) is 6.10 Å². The largest absolute Gasteiger partial charge is 0.273 e. The average molecular weight is 234 g/mol. The van der Waals surface area contributed by atoms with Crippen molar-refractivity contribution in [2.45, 2.75) is 44.6 Å². The highest BCUT2D eigenvalue weighted by atomic mass is 16.7. The molecule has 92 valence electrons. The van der Waals surface area contributed by atoms with E-state index in [1.54, 1.807) is 6.20 Å². The molecule has 17 heavy (non-hydrogen) atoms. The van der Waals surface area contributed by atoms with Gasteiger partial charge in [-0.3, -0.25) is 14.6 Å². The first-order valence-electron chi connectivity index (χ1n) is 6.19. The van der Waals surface area contributed by atoms with Crippen LogP contribution in [0.25, 0.3) is 0 Å². The Kier molecular flexibility index (Phi) is 4.50. The van der Waals surface area contributed by atoms with E-state index in [2.05, 4.69) is 10.5 Å². The zero-order valence-electron chi connectivity index (χ0n) is 9.89. The van der Waals surface area contributed by atoms with E-state index >= 15 is 0 Å². The predicted octanol–water partition coefficient (Wildman–Crippen LogP) is 2.00. The Bertz CT molecular complexity index is 348. The minimum atomic E-state index is -0.0671. The minimum Gasteiger partial charge on any atom is -0.273 e. The number of pyridine rings is 1. The number of hydrogen-bond acceptors (Lipinski definition) is 3. The number of aromatic nitrogens is 1. The summed E-state index contributed by atoms with van der Waals surface area (Å²) in [5, 5.41) is 0. The van der Waals surface area contributed by atoms with Crippen molar-refractivity contribution in [3.63, 3.8) is 0 Å². The summed E-state index contributed by atoms with van der Waals surface area (Å²) in [6, 6.07) is 5.72. The molecule has 0 aliphatic heterocycles. The quantitative estimate of drug-likeness (QED) is 0.793. The first kappa shape index (κ1) is 12.0. The highest BCUT2D eigenvalue weighted by Crippen LogP contribution is 2.19. The molecule has 1 aliphatic rings. The van der Waals surface area contributed by atoms with Crippen molar-refractivity contribution < 1.29 is 9.63 Å². The van der Waals surface area contributed by atoms with E-state index in [1.165, 1.54) is 12.8 Å². The van der Waals surface area contributed by atoms with Crippen LogP contribution in [0.3, 0.4) is 0 Å². The van der Waals surface area contributed by atoms with Gasteiger partial charge in [0, 0.05) is 18.3 Å². The van der Waals surface area contributed by atoms with Crippen LogP contribution < -0.4 is 5.48 Å². The van der Waals surface area contributed by atoms with Crippen molar-refractivity contribution in [3.8, 4) is 0 Å². The Morgan fingerprint density at radius 3 is 2.94 bits per heavy atom. The summed E-state index contributed by atoms with van der Waals surface area (Å²) < 4.78 is 0. The molecule has 1 aromatic heterocycles. The number of carbonyl (C=O) groups excluding carboxylic acids is 1. The van der Waals surface area contributed by atoms with E-state index in [0.717, 1.165) is 18.5 Å². The summed E-state index contributed by atoms with van der Waals surface area (Å²) in [4.78, 5) is 21.0.